The maximum Gasteiger partial charge on any atom is 0.287 e. The summed E-state index contributed by atoms with van der Waals surface area (Å²) in [5.41, 5.74) is 4.76. The molecule has 0 atom stereocenters. The normalized spacial score (nSPS) is 10.2. The second-order valence-electron chi connectivity index (χ2n) is 4.10. The van der Waals surface area contributed by atoms with Crippen molar-refractivity contribution >= 4 is 20.7 Å². The van der Waals surface area contributed by atoms with Gasteiger partial charge in [0, 0.05) is 22.5 Å². The number of nitrogens with one attached hydrogen (secondary N) is 1. The van der Waals surface area contributed by atoms with E-state index in [9.17, 15) is 4.79 Å². The van der Waals surface area contributed by atoms with Crippen LogP contribution in [-0.4, -0.2) is 18.5 Å². The van der Waals surface area contributed by atoms with E-state index in [0.717, 1.165) is 17.7 Å². The van der Waals surface area contributed by atoms with Crippen molar-refractivity contribution in [2.24, 2.45) is 0 Å². The van der Waals surface area contributed by atoms with Crippen molar-refractivity contribution in [3.63, 3.8) is 0 Å². The lowest BCUT2D eigenvalue weighted by Crippen LogP contribution is -2.19. The smallest absolute Gasteiger partial charge is 0.287 e. The fourth-order valence-corrected chi connectivity index (χ4v) is 2.18. The van der Waals surface area contributed by atoms with Crippen LogP contribution in [0, 0.1) is 20.8 Å². The van der Waals surface area contributed by atoms with Gasteiger partial charge < -0.3 is 10.1 Å². The van der Waals surface area contributed by atoms with E-state index in [0.29, 0.717) is 6.54 Å². The van der Waals surface area contributed by atoms with Crippen LogP contribution in [0.2, 0.25) is 0 Å². The summed E-state index contributed by atoms with van der Waals surface area (Å²) in [6.07, 6.45) is 0.771. The molecule has 0 spiro atoms. The molecule has 0 aliphatic rings. The molecule has 0 aliphatic carbocycles. The Hall–Kier alpha value is -1.03. The molecule has 4 heteroatoms. The van der Waals surface area contributed by atoms with Crippen LogP contribution >= 0.6 is 15.9 Å². The van der Waals surface area contributed by atoms with E-state index in [1.807, 2.05) is 0 Å². The summed E-state index contributed by atoms with van der Waals surface area (Å²) in [6, 6.07) is 2.16. The first-order chi connectivity index (χ1) is 7.97. The Bertz CT molecular complexity index is 430. The Morgan fingerprint density at radius 3 is 2.53 bits per heavy atom. The van der Waals surface area contributed by atoms with E-state index < -0.39 is 0 Å². The van der Waals surface area contributed by atoms with Crippen LogP contribution in [-0.2, 0) is 6.42 Å². The molecule has 0 aliphatic heterocycles. The third-order valence-corrected chi connectivity index (χ3v) is 3.24. The molecule has 17 heavy (non-hydrogen) atoms. The Morgan fingerprint density at radius 2 is 2.00 bits per heavy atom. The van der Waals surface area contributed by atoms with Gasteiger partial charge in [-0.05, 0) is 49.4 Å². The first kappa shape index (κ1) is 14.0. The van der Waals surface area contributed by atoms with Gasteiger partial charge in [0.1, 0.15) is 5.75 Å². The number of aryl methyl sites for hydroxylation is 2. The molecular formula is C13H18BrNO2. The fourth-order valence-electron chi connectivity index (χ4n) is 1.98. The zero-order valence-corrected chi connectivity index (χ0v) is 12.3. The summed E-state index contributed by atoms with van der Waals surface area (Å²) in [4.78, 5) is 10.6. The molecule has 0 aromatic heterocycles. The second-order valence-corrected chi connectivity index (χ2v) is 4.82. The summed E-state index contributed by atoms with van der Waals surface area (Å²) >= 11 is 2.85. The first-order valence-electron chi connectivity index (χ1n) is 5.54. The van der Waals surface area contributed by atoms with Crippen molar-refractivity contribution in [3.8, 4) is 5.75 Å². The van der Waals surface area contributed by atoms with Gasteiger partial charge in [0.2, 0.25) is 0 Å². The topological polar surface area (TPSA) is 38.3 Å². The molecule has 3 nitrogen and oxygen atoms in total. The largest absolute Gasteiger partial charge is 0.496 e. The highest BCUT2D eigenvalue weighted by Crippen LogP contribution is 2.29. The third-order valence-electron chi connectivity index (χ3n) is 2.96. The van der Waals surface area contributed by atoms with Gasteiger partial charge in [-0.2, -0.15) is 0 Å². The molecule has 1 aromatic carbocycles. The number of ether oxygens (including phenoxy) is 1. The summed E-state index contributed by atoms with van der Waals surface area (Å²) < 4.78 is 5.47. The number of benzene rings is 1. The molecule has 1 N–H and O–H groups in total. The lowest BCUT2D eigenvalue weighted by Gasteiger charge is -2.16. The van der Waals surface area contributed by atoms with Crippen LogP contribution in [0.25, 0.3) is 0 Å². The van der Waals surface area contributed by atoms with Crippen molar-refractivity contribution in [3.05, 3.63) is 28.3 Å². The average Bonchev–Trinajstić information content (AvgIpc) is 2.25. The molecule has 1 aromatic rings. The van der Waals surface area contributed by atoms with E-state index in [1.165, 1.54) is 16.7 Å². The number of hydrogen-bond donors (Lipinski definition) is 1. The number of methoxy groups -OCH3 is 1. The van der Waals surface area contributed by atoms with Gasteiger partial charge in [0.25, 0.3) is 4.82 Å². The van der Waals surface area contributed by atoms with Gasteiger partial charge in [-0.25, -0.2) is 0 Å². The van der Waals surface area contributed by atoms with E-state index in [4.69, 9.17) is 4.74 Å². The first-order valence-corrected chi connectivity index (χ1v) is 6.33. The molecule has 94 valence electrons. The van der Waals surface area contributed by atoms with E-state index in [1.54, 1.807) is 7.11 Å². The minimum atomic E-state index is -0.182. The molecule has 0 radical (unpaired) electrons. The number of hydrogen-bond acceptors (Lipinski definition) is 2. The molecule has 0 unspecified atom stereocenters. The molecule has 0 saturated carbocycles. The Balaban J connectivity index is 2.97. The van der Waals surface area contributed by atoms with Gasteiger partial charge in [-0.15, -0.1) is 0 Å². The van der Waals surface area contributed by atoms with Gasteiger partial charge in [0.05, 0.1) is 7.11 Å². The molecule has 0 fully saturated rings. The molecule has 0 saturated heterocycles. The lowest BCUT2D eigenvalue weighted by atomic mass is 9.97. The quantitative estimate of drug-likeness (QED) is 0.684. The van der Waals surface area contributed by atoms with Crippen LogP contribution < -0.4 is 10.1 Å². The monoisotopic (exact) mass is 299 g/mol. The van der Waals surface area contributed by atoms with Gasteiger partial charge in [-0.3, -0.25) is 4.79 Å². The van der Waals surface area contributed by atoms with Gasteiger partial charge >= 0.3 is 0 Å². The number of carbonyl (C=O) groups excluding carboxylic acids is 1. The van der Waals surface area contributed by atoms with Crippen molar-refractivity contribution in [2.45, 2.75) is 27.2 Å². The SMILES string of the molecule is COc1c(C)c(C)cc(C)c1CCNC(=O)Br. The number of halogens is 1. The van der Waals surface area contributed by atoms with E-state index in [2.05, 4.69) is 48.1 Å². The zero-order chi connectivity index (χ0) is 13.0. The summed E-state index contributed by atoms with van der Waals surface area (Å²) in [7, 11) is 1.69. The predicted octanol–water partition coefficient (Wildman–Crippen LogP) is 3.27. The van der Waals surface area contributed by atoms with Crippen LogP contribution in [0.5, 0.6) is 5.75 Å². The lowest BCUT2D eigenvalue weighted by molar-refractivity contribution is 0.261. The van der Waals surface area contributed by atoms with Crippen molar-refractivity contribution in [1.82, 2.24) is 5.32 Å². The fraction of sp³-hybridized carbons (Fsp3) is 0.462. The Kier molecular flexibility index (Phi) is 5.00. The highest BCUT2D eigenvalue weighted by atomic mass is 79.9. The summed E-state index contributed by atoms with van der Waals surface area (Å²) in [5, 5.41) is 2.73. The van der Waals surface area contributed by atoms with Crippen LogP contribution in [0.15, 0.2) is 6.07 Å². The number of rotatable bonds is 4. The van der Waals surface area contributed by atoms with Gasteiger partial charge in [-0.1, -0.05) is 6.07 Å². The summed E-state index contributed by atoms with van der Waals surface area (Å²) in [6.45, 7) is 6.80. The van der Waals surface area contributed by atoms with Gasteiger partial charge in [0.15, 0.2) is 0 Å². The third kappa shape index (κ3) is 3.46. The maximum absolute atomic E-state index is 10.8. The molecule has 1 rings (SSSR count). The predicted molar refractivity (Wildman–Crippen MR) is 73.2 cm³/mol. The Labute approximate surface area is 111 Å². The molecule has 1 amide bonds. The van der Waals surface area contributed by atoms with Crippen molar-refractivity contribution < 1.29 is 9.53 Å². The minimum absolute atomic E-state index is 0.182. The van der Waals surface area contributed by atoms with Crippen LogP contribution in [0.3, 0.4) is 0 Å². The van der Waals surface area contributed by atoms with Crippen LogP contribution in [0.1, 0.15) is 22.3 Å². The van der Waals surface area contributed by atoms with Crippen molar-refractivity contribution in [1.29, 1.82) is 0 Å². The van der Waals surface area contributed by atoms with E-state index in [-0.39, 0.29) is 4.82 Å². The molecule has 0 bridgehead atoms. The van der Waals surface area contributed by atoms with E-state index >= 15 is 0 Å². The average molecular weight is 300 g/mol. The standard InChI is InChI=1S/C13H18BrNO2/c1-8-7-9(2)11(5-6-15-13(14)16)12(17-4)10(8)3/h7H,5-6H2,1-4H3,(H,15,16). The Morgan fingerprint density at radius 1 is 1.35 bits per heavy atom. The minimum Gasteiger partial charge on any atom is -0.496 e. The van der Waals surface area contributed by atoms with Crippen LogP contribution in [0.4, 0.5) is 4.79 Å². The number of amides is 1. The highest BCUT2D eigenvalue weighted by molar-refractivity contribution is 9.18. The zero-order valence-electron chi connectivity index (χ0n) is 10.7. The van der Waals surface area contributed by atoms with Crippen molar-refractivity contribution in [2.75, 3.05) is 13.7 Å². The molecule has 0 heterocycles. The number of carbonyl (C=O) groups is 1. The highest BCUT2D eigenvalue weighted by Gasteiger charge is 2.12. The molecular weight excluding hydrogens is 282 g/mol. The second kappa shape index (κ2) is 6.05. The summed E-state index contributed by atoms with van der Waals surface area (Å²) in [5.74, 6) is 0.936. The maximum atomic E-state index is 10.8.